The van der Waals surface area contributed by atoms with E-state index >= 15 is 0 Å². The Labute approximate surface area is 141 Å². The zero-order valence-corrected chi connectivity index (χ0v) is 14.4. The summed E-state index contributed by atoms with van der Waals surface area (Å²) in [6.45, 7) is 4.93. The van der Waals surface area contributed by atoms with Crippen LogP contribution in [0.5, 0.6) is 5.75 Å². The molecule has 24 heavy (non-hydrogen) atoms. The molecule has 0 bridgehead atoms. The van der Waals surface area contributed by atoms with Crippen LogP contribution in [0.25, 0.3) is 0 Å². The van der Waals surface area contributed by atoms with Gasteiger partial charge in [-0.3, -0.25) is 4.79 Å². The molecule has 1 atom stereocenters. The van der Waals surface area contributed by atoms with Gasteiger partial charge in [-0.25, -0.2) is 0 Å². The van der Waals surface area contributed by atoms with E-state index in [1.54, 1.807) is 11.9 Å². The molecular formula is C18H23N3O3. The minimum Gasteiger partial charge on any atom is -0.492 e. The van der Waals surface area contributed by atoms with Gasteiger partial charge in [0.1, 0.15) is 12.4 Å². The molecule has 1 aromatic heterocycles. The summed E-state index contributed by atoms with van der Waals surface area (Å²) in [7, 11) is 1.76. The maximum atomic E-state index is 12.7. The van der Waals surface area contributed by atoms with E-state index in [4.69, 9.17) is 9.26 Å². The third-order valence-corrected chi connectivity index (χ3v) is 4.08. The quantitative estimate of drug-likeness (QED) is 0.843. The van der Waals surface area contributed by atoms with E-state index in [9.17, 15) is 4.79 Å². The average molecular weight is 329 g/mol. The lowest BCUT2D eigenvalue weighted by Crippen LogP contribution is -2.38. The van der Waals surface area contributed by atoms with Crippen molar-refractivity contribution in [2.45, 2.75) is 33.2 Å². The molecule has 6 nitrogen and oxygen atoms in total. The molecule has 0 radical (unpaired) electrons. The monoisotopic (exact) mass is 329 g/mol. The molecule has 0 unspecified atom stereocenters. The third kappa shape index (κ3) is 3.75. The van der Waals surface area contributed by atoms with Gasteiger partial charge in [0.2, 0.25) is 11.8 Å². The number of nitrogens with zero attached hydrogens (tertiary/aromatic N) is 3. The highest BCUT2D eigenvalue weighted by atomic mass is 16.5. The summed E-state index contributed by atoms with van der Waals surface area (Å²) in [5.41, 5.74) is 1.08. The van der Waals surface area contributed by atoms with Gasteiger partial charge in [-0.05, 0) is 24.0 Å². The first-order valence-electron chi connectivity index (χ1n) is 8.30. The van der Waals surface area contributed by atoms with E-state index < -0.39 is 0 Å². The predicted molar refractivity (Wildman–Crippen MR) is 88.4 cm³/mol. The molecule has 1 aliphatic rings. The van der Waals surface area contributed by atoms with Crippen molar-refractivity contribution >= 4 is 5.91 Å². The molecule has 0 saturated heterocycles. The van der Waals surface area contributed by atoms with E-state index in [-0.39, 0.29) is 11.8 Å². The van der Waals surface area contributed by atoms with Gasteiger partial charge in [-0.1, -0.05) is 37.2 Å². The van der Waals surface area contributed by atoms with Gasteiger partial charge >= 0.3 is 0 Å². The summed E-state index contributed by atoms with van der Waals surface area (Å²) >= 11 is 0. The van der Waals surface area contributed by atoms with Crippen LogP contribution in [0.4, 0.5) is 0 Å². The molecule has 0 N–H and O–H groups in total. The minimum atomic E-state index is -0.178. The van der Waals surface area contributed by atoms with E-state index in [0.717, 1.165) is 17.7 Å². The zero-order chi connectivity index (χ0) is 17.1. The zero-order valence-electron chi connectivity index (χ0n) is 14.4. The van der Waals surface area contributed by atoms with Crippen molar-refractivity contribution in [2.24, 2.45) is 11.8 Å². The first-order chi connectivity index (χ1) is 11.5. The number of carbonyl (C=O) groups is 1. The van der Waals surface area contributed by atoms with Crippen LogP contribution in [0, 0.1) is 11.8 Å². The highest BCUT2D eigenvalue weighted by molar-refractivity contribution is 5.79. The largest absolute Gasteiger partial charge is 0.492 e. The van der Waals surface area contributed by atoms with Crippen LogP contribution >= 0.6 is 0 Å². The summed E-state index contributed by atoms with van der Waals surface area (Å²) in [4.78, 5) is 18.6. The summed E-state index contributed by atoms with van der Waals surface area (Å²) in [6, 6.07) is 7.85. The molecule has 2 aromatic rings. The number of rotatable bonds is 5. The molecule has 0 saturated carbocycles. The van der Waals surface area contributed by atoms with Crippen molar-refractivity contribution in [3.05, 3.63) is 41.5 Å². The number of ether oxygens (including phenoxy) is 1. The Bertz CT molecular complexity index is 711. The van der Waals surface area contributed by atoms with E-state index in [2.05, 4.69) is 24.0 Å². The highest BCUT2D eigenvalue weighted by Crippen LogP contribution is 2.27. The van der Waals surface area contributed by atoms with Gasteiger partial charge in [0.05, 0.1) is 12.5 Å². The van der Waals surface area contributed by atoms with Gasteiger partial charge in [0.25, 0.3) is 0 Å². The smallest absolute Gasteiger partial charge is 0.246 e. The second-order valence-electron chi connectivity index (χ2n) is 6.72. The van der Waals surface area contributed by atoms with Crippen LogP contribution in [-0.4, -0.2) is 34.6 Å². The molecule has 0 aliphatic carbocycles. The van der Waals surface area contributed by atoms with Crippen LogP contribution in [0.3, 0.4) is 0 Å². The molecule has 6 heteroatoms. The number of amides is 1. The third-order valence-electron chi connectivity index (χ3n) is 4.08. The van der Waals surface area contributed by atoms with Crippen molar-refractivity contribution in [1.29, 1.82) is 0 Å². The number of para-hydroxylation sites is 1. The fourth-order valence-corrected chi connectivity index (χ4v) is 2.88. The first kappa shape index (κ1) is 16.5. The molecule has 1 amide bonds. The Morgan fingerprint density at radius 2 is 2.17 bits per heavy atom. The van der Waals surface area contributed by atoms with E-state index in [1.807, 2.05) is 24.3 Å². The molecule has 1 aromatic carbocycles. The molecule has 128 valence electrons. The van der Waals surface area contributed by atoms with Gasteiger partial charge in [-0.15, -0.1) is 0 Å². The Morgan fingerprint density at radius 1 is 1.38 bits per heavy atom. The number of fused-ring (bicyclic) bond motifs is 1. The molecule has 0 spiro atoms. The Morgan fingerprint density at radius 3 is 2.96 bits per heavy atom. The second-order valence-corrected chi connectivity index (χ2v) is 6.72. The Balaban J connectivity index is 1.60. The average Bonchev–Trinajstić information content (AvgIpc) is 2.99. The van der Waals surface area contributed by atoms with Crippen molar-refractivity contribution in [3.63, 3.8) is 0 Å². The minimum absolute atomic E-state index is 0.0353. The van der Waals surface area contributed by atoms with E-state index in [1.165, 1.54) is 0 Å². The maximum absolute atomic E-state index is 12.7. The maximum Gasteiger partial charge on any atom is 0.246 e. The van der Waals surface area contributed by atoms with Crippen LogP contribution in [-0.2, 0) is 24.2 Å². The summed E-state index contributed by atoms with van der Waals surface area (Å²) in [6.07, 6.45) is 1.47. The molecule has 2 heterocycles. The van der Waals surface area contributed by atoms with Gasteiger partial charge in [0.15, 0.2) is 5.82 Å². The Hall–Kier alpha value is -2.37. The van der Waals surface area contributed by atoms with Gasteiger partial charge in [0, 0.05) is 13.5 Å². The molecule has 3 rings (SSSR count). The summed E-state index contributed by atoms with van der Waals surface area (Å²) in [5, 5.41) is 3.96. The molecular weight excluding hydrogens is 306 g/mol. The number of hydrogen-bond donors (Lipinski definition) is 0. The van der Waals surface area contributed by atoms with Crippen molar-refractivity contribution in [1.82, 2.24) is 15.0 Å². The predicted octanol–water partition coefficient (Wildman–Crippen LogP) is 2.48. The Kier molecular flexibility index (Phi) is 4.83. The first-order valence-corrected chi connectivity index (χ1v) is 8.30. The fourth-order valence-electron chi connectivity index (χ4n) is 2.88. The van der Waals surface area contributed by atoms with Crippen LogP contribution < -0.4 is 4.74 Å². The second kappa shape index (κ2) is 7.03. The number of carbonyl (C=O) groups excluding carboxylic acids is 1. The topological polar surface area (TPSA) is 68.5 Å². The van der Waals surface area contributed by atoms with Crippen LogP contribution in [0.1, 0.15) is 31.1 Å². The van der Waals surface area contributed by atoms with Gasteiger partial charge < -0.3 is 14.2 Å². The van der Waals surface area contributed by atoms with Crippen LogP contribution in [0.2, 0.25) is 0 Å². The summed E-state index contributed by atoms with van der Waals surface area (Å²) in [5.74, 6) is 2.36. The number of aromatic nitrogens is 2. The van der Waals surface area contributed by atoms with Crippen LogP contribution in [0.15, 0.2) is 28.8 Å². The number of hydrogen-bond acceptors (Lipinski definition) is 5. The van der Waals surface area contributed by atoms with Gasteiger partial charge in [-0.2, -0.15) is 4.98 Å². The summed E-state index contributed by atoms with van der Waals surface area (Å²) < 4.78 is 11.0. The number of benzene rings is 1. The van der Waals surface area contributed by atoms with Crippen molar-refractivity contribution < 1.29 is 14.1 Å². The standard InChI is InChI=1S/C18H23N3O3/c1-12(2)8-16-19-17(24-20-16)10-21(3)18(22)14-9-13-6-4-5-7-15(13)23-11-14/h4-7,12,14H,8-11H2,1-3H3/t14-/m0/s1. The normalized spacial score (nSPS) is 16.6. The van der Waals surface area contributed by atoms with Crippen molar-refractivity contribution in [3.8, 4) is 5.75 Å². The van der Waals surface area contributed by atoms with Crippen molar-refractivity contribution in [2.75, 3.05) is 13.7 Å². The lowest BCUT2D eigenvalue weighted by molar-refractivity contribution is -0.136. The lowest BCUT2D eigenvalue weighted by Gasteiger charge is -2.27. The fraction of sp³-hybridized carbons (Fsp3) is 0.500. The lowest BCUT2D eigenvalue weighted by atomic mass is 9.95. The highest BCUT2D eigenvalue weighted by Gasteiger charge is 2.28. The molecule has 0 fully saturated rings. The molecule has 1 aliphatic heterocycles. The van der Waals surface area contributed by atoms with E-state index in [0.29, 0.717) is 37.2 Å². The SMILES string of the molecule is CC(C)Cc1noc(CN(C)C(=O)[C@@H]2COc3ccccc3C2)n1.